The molecule has 0 spiro atoms. The molecule has 20 heavy (non-hydrogen) atoms. The van der Waals surface area contributed by atoms with Crippen molar-refractivity contribution in [3.05, 3.63) is 39.7 Å². The van der Waals surface area contributed by atoms with Crippen molar-refractivity contribution in [3.63, 3.8) is 0 Å². The van der Waals surface area contributed by atoms with Crippen LogP contribution in [0, 0.1) is 13.8 Å². The van der Waals surface area contributed by atoms with E-state index in [-0.39, 0.29) is 0 Å². The lowest BCUT2D eigenvalue weighted by Crippen LogP contribution is -2.42. The predicted octanol–water partition coefficient (Wildman–Crippen LogP) is 2.83. The molecule has 0 unspecified atom stereocenters. The predicted molar refractivity (Wildman–Crippen MR) is 85.2 cm³/mol. The molecule has 0 amide bonds. The second-order valence-electron chi connectivity index (χ2n) is 5.40. The van der Waals surface area contributed by atoms with E-state index in [1.807, 2.05) is 11.3 Å². The van der Waals surface area contributed by atoms with Crippen LogP contribution in [0.15, 0.2) is 24.3 Å². The van der Waals surface area contributed by atoms with Crippen LogP contribution in [-0.4, -0.2) is 36.1 Å². The number of piperazine rings is 1. The standard InChI is InChI=1S/C16H21N3S/c1-12-3-5-14(6-4-12)16-13(2)20-15(18-16)11-19-9-7-17-8-10-19/h3-6,17H,7-11H2,1-2H3. The minimum absolute atomic E-state index is 0.985. The highest BCUT2D eigenvalue weighted by molar-refractivity contribution is 7.12. The van der Waals surface area contributed by atoms with E-state index >= 15 is 0 Å². The number of benzene rings is 1. The number of hydrogen-bond donors (Lipinski definition) is 1. The largest absolute Gasteiger partial charge is 0.314 e. The molecule has 1 saturated heterocycles. The summed E-state index contributed by atoms with van der Waals surface area (Å²) in [6.07, 6.45) is 0. The van der Waals surface area contributed by atoms with Crippen LogP contribution < -0.4 is 5.32 Å². The second kappa shape index (κ2) is 6.04. The minimum atomic E-state index is 0.985. The Morgan fingerprint density at radius 3 is 2.55 bits per heavy atom. The number of hydrogen-bond acceptors (Lipinski definition) is 4. The molecular weight excluding hydrogens is 266 g/mol. The normalized spacial score (nSPS) is 16.5. The summed E-state index contributed by atoms with van der Waals surface area (Å²) in [5.41, 5.74) is 3.68. The van der Waals surface area contributed by atoms with Crippen molar-refractivity contribution in [2.75, 3.05) is 26.2 Å². The Morgan fingerprint density at radius 1 is 1.15 bits per heavy atom. The monoisotopic (exact) mass is 287 g/mol. The van der Waals surface area contributed by atoms with Crippen LogP contribution in [0.5, 0.6) is 0 Å². The van der Waals surface area contributed by atoms with Gasteiger partial charge < -0.3 is 5.32 Å². The van der Waals surface area contributed by atoms with Gasteiger partial charge in [-0.15, -0.1) is 11.3 Å². The van der Waals surface area contributed by atoms with Crippen LogP contribution in [0.4, 0.5) is 0 Å². The average molecular weight is 287 g/mol. The van der Waals surface area contributed by atoms with E-state index in [1.54, 1.807) is 0 Å². The second-order valence-corrected chi connectivity index (χ2v) is 6.69. The van der Waals surface area contributed by atoms with Gasteiger partial charge in [-0.25, -0.2) is 4.98 Å². The van der Waals surface area contributed by atoms with Crippen molar-refractivity contribution in [3.8, 4) is 11.3 Å². The van der Waals surface area contributed by atoms with Gasteiger partial charge in [0.2, 0.25) is 0 Å². The summed E-state index contributed by atoms with van der Waals surface area (Å²) in [7, 11) is 0. The molecule has 0 atom stereocenters. The third-order valence-electron chi connectivity index (χ3n) is 3.73. The van der Waals surface area contributed by atoms with Gasteiger partial charge in [0.1, 0.15) is 5.01 Å². The number of rotatable bonds is 3. The van der Waals surface area contributed by atoms with Gasteiger partial charge in [-0.1, -0.05) is 29.8 Å². The third kappa shape index (κ3) is 3.08. The molecule has 0 radical (unpaired) electrons. The smallest absolute Gasteiger partial charge is 0.108 e. The highest BCUT2D eigenvalue weighted by atomic mass is 32.1. The first kappa shape index (κ1) is 13.7. The maximum atomic E-state index is 4.86. The fourth-order valence-corrected chi connectivity index (χ4v) is 3.56. The van der Waals surface area contributed by atoms with E-state index in [9.17, 15) is 0 Å². The topological polar surface area (TPSA) is 28.2 Å². The van der Waals surface area contributed by atoms with Gasteiger partial charge in [-0.3, -0.25) is 4.90 Å². The van der Waals surface area contributed by atoms with Crippen LogP contribution in [0.3, 0.4) is 0 Å². The first-order valence-electron chi connectivity index (χ1n) is 7.19. The van der Waals surface area contributed by atoms with E-state index in [0.29, 0.717) is 0 Å². The van der Waals surface area contributed by atoms with Crippen molar-refractivity contribution in [2.45, 2.75) is 20.4 Å². The highest BCUT2D eigenvalue weighted by Gasteiger charge is 2.14. The first-order valence-corrected chi connectivity index (χ1v) is 8.00. The summed E-state index contributed by atoms with van der Waals surface area (Å²) >= 11 is 1.83. The van der Waals surface area contributed by atoms with Crippen LogP contribution in [-0.2, 0) is 6.54 Å². The molecule has 0 aliphatic carbocycles. The van der Waals surface area contributed by atoms with Crippen molar-refractivity contribution >= 4 is 11.3 Å². The summed E-state index contributed by atoms with van der Waals surface area (Å²) in [6, 6.07) is 8.66. The number of aryl methyl sites for hydroxylation is 2. The van der Waals surface area contributed by atoms with Gasteiger partial charge in [0, 0.05) is 36.6 Å². The number of aromatic nitrogens is 1. The van der Waals surface area contributed by atoms with E-state index in [2.05, 4.69) is 48.3 Å². The molecular formula is C16H21N3S. The summed E-state index contributed by atoms with van der Waals surface area (Å²) in [6.45, 7) is 9.71. The molecule has 1 aromatic carbocycles. The van der Waals surface area contributed by atoms with Crippen LogP contribution in [0.2, 0.25) is 0 Å². The Labute approximate surface area is 124 Å². The van der Waals surface area contributed by atoms with Gasteiger partial charge in [-0.2, -0.15) is 0 Å². The third-order valence-corrected chi connectivity index (χ3v) is 4.69. The first-order chi connectivity index (χ1) is 9.72. The molecule has 1 aliphatic heterocycles. The zero-order valence-corrected chi connectivity index (χ0v) is 13.0. The number of thiazole rings is 1. The number of nitrogens with one attached hydrogen (secondary N) is 1. The molecule has 0 bridgehead atoms. The van der Waals surface area contributed by atoms with Crippen LogP contribution >= 0.6 is 11.3 Å². The molecule has 106 valence electrons. The maximum Gasteiger partial charge on any atom is 0.108 e. The summed E-state index contributed by atoms with van der Waals surface area (Å²) in [5, 5.41) is 4.63. The summed E-state index contributed by atoms with van der Waals surface area (Å²) in [4.78, 5) is 8.66. The fraction of sp³-hybridized carbons (Fsp3) is 0.438. The summed E-state index contributed by atoms with van der Waals surface area (Å²) in [5.74, 6) is 0. The average Bonchev–Trinajstić information content (AvgIpc) is 2.81. The Kier molecular flexibility index (Phi) is 4.15. The van der Waals surface area contributed by atoms with Gasteiger partial charge in [0.15, 0.2) is 0 Å². The minimum Gasteiger partial charge on any atom is -0.314 e. The molecule has 3 nitrogen and oxygen atoms in total. The van der Waals surface area contributed by atoms with Crippen molar-refractivity contribution < 1.29 is 0 Å². The summed E-state index contributed by atoms with van der Waals surface area (Å²) < 4.78 is 0. The fourth-order valence-electron chi connectivity index (χ4n) is 2.56. The van der Waals surface area contributed by atoms with E-state index in [4.69, 9.17) is 4.98 Å². The Balaban J connectivity index is 1.78. The Morgan fingerprint density at radius 2 is 1.85 bits per heavy atom. The Bertz CT molecular complexity index is 568. The van der Waals surface area contributed by atoms with Gasteiger partial charge in [0.05, 0.1) is 12.2 Å². The SMILES string of the molecule is Cc1ccc(-c2nc(CN3CCNCC3)sc2C)cc1. The lowest BCUT2D eigenvalue weighted by Gasteiger charge is -2.26. The lowest BCUT2D eigenvalue weighted by atomic mass is 10.1. The van der Waals surface area contributed by atoms with Gasteiger partial charge in [0.25, 0.3) is 0 Å². The van der Waals surface area contributed by atoms with Crippen LogP contribution in [0.25, 0.3) is 11.3 Å². The quantitative estimate of drug-likeness (QED) is 0.941. The van der Waals surface area contributed by atoms with Gasteiger partial charge >= 0.3 is 0 Å². The molecule has 3 rings (SSSR count). The highest BCUT2D eigenvalue weighted by Crippen LogP contribution is 2.28. The zero-order valence-electron chi connectivity index (χ0n) is 12.1. The molecule has 1 fully saturated rings. The molecule has 2 aromatic rings. The van der Waals surface area contributed by atoms with Crippen molar-refractivity contribution in [2.24, 2.45) is 0 Å². The van der Waals surface area contributed by atoms with E-state index < -0.39 is 0 Å². The molecule has 0 saturated carbocycles. The molecule has 1 aromatic heterocycles. The lowest BCUT2D eigenvalue weighted by molar-refractivity contribution is 0.233. The van der Waals surface area contributed by atoms with Crippen molar-refractivity contribution in [1.29, 1.82) is 0 Å². The zero-order chi connectivity index (χ0) is 13.9. The maximum absolute atomic E-state index is 4.86. The van der Waals surface area contributed by atoms with Crippen LogP contribution in [0.1, 0.15) is 15.4 Å². The molecule has 4 heteroatoms. The number of nitrogens with zero attached hydrogens (tertiary/aromatic N) is 2. The van der Waals surface area contributed by atoms with Crippen molar-refractivity contribution in [1.82, 2.24) is 15.2 Å². The Hall–Kier alpha value is -1.23. The van der Waals surface area contributed by atoms with E-state index in [1.165, 1.54) is 21.0 Å². The van der Waals surface area contributed by atoms with Gasteiger partial charge in [-0.05, 0) is 13.8 Å². The molecule has 1 aliphatic rings. The molecule has 1 N–H and O–H groups in total. The molecule has 2 heterocycles. The van der Waals surface area contributed by atoms with E-state index in [0.717, 1.165) is 38.4 Å².